The number of rotatable bonds is 3. The summed E-state index contributed by atoms with van der Waals surface area (Å²) in [7, 11) is 0. The fourth-order valence-electron chi connectivity index (χ4n) is 1.40. The molecular weight excluding hydrogens is 210 g/mol. The normalized spacial score (nSPS) is 15.5. The van der Waals surface area contributed by atoms with Gasteiger partial charge in [-0.1, -0.05) is 16.5 Å². The maximum absolute atomic E-state index is 5.03. The SMILES string of the molecule is Cc1oncc1-c1cnc(NC2CC2)s1. The van der Waals surface area contributed by atoms with Crippen molar-refractivity contribution in [1.82, 2.24) is 10.1 Å². The molecule has 1 saturated carbocycles. The van der Waals surface area contributed by atoms with Gasteiger partial charge in [0.15, 0.2) is 5.13 Å². The number of anilines is 1. The number of thiazole rings is 1. The van der Waals surface area contributed by atoms with Crippen LogP contribution in [0.3, 0.4) is 0 Å². The van der Waals surface area contributed by atoms with Crippen LogP contribution in [-0.4, -0.2) is 16.2 Å². The van der Waals surface area contributed by atoms with Crippen LogP contribution in [0.15, 0.2) is 16.9 Å². The van der Waals surface area contributed by atoms with Crippen LogP contribution in [0.2, 0.25) is 0 Å². The maximum atomic E-state index is 5.03. The highest BCUT2D eigenvalue weighted by atomic mass is 32.1. The Balaban J connectivity index is 1.86. The maximum Gasteiger partial charge on any atom is 0.183 e. The molecule has 1 fully saturated rings. The summed E-state index contributed by atoms with van der Waals surface area (Å²) in [6, 6.07) is 0.646. The van der Waals surface area contributed by atoms with E-state index in [1.54, 1.807) is 17.5 Å². The van der Waals surface area contributed by atoms with Crippen LogP contribution in [0.25, 0.3) is 10.4 Å². The van der Waals surface area contributed by atoms with E-state index in [1.165, 1.54) is 12.8 Å². The van der Waals surface area contributed by atoms with Crippen LogP contribution in [-0.2, 0) is 0 Å². The third-order valence-corrected chi connectivity index (χ3v) is 3.39. The lowest BCUT2D eigenvalue weighted by Crippen LogP contribution is -1.98. The molecule has 1 N–H and O–H groups in total. The van der Waals surface area contributed by atoms with E-state index >= 15 is 0 Å². The summed E-state index contributed by atoms with van der Waals surface area (Å²) in [5.41, 5.74) is 1.04. The third kappa shape index (κ3) is 1.74. The van der Waals surface area contributed by atoms with E-state index in [1.807, 2.05) is 13.1 Å². The topological polar surface area (TPSA) is 51.0 Å². The molecule has 1 aliphatic carbocycles. The van der Waals surface area contributed by atoms with Crippen molar-refractivity contribution in [2.24, 2.45) is 0 Å². The van der Waals surface area contributed by atoms with Crippen LogP contribution < -0.4 is 5.32 Å². The first-order valence-electron chi connectivity index (χ1n) is 4.97. The Bertz CT molecular complexity index is 472. The lowest BCUT2D eigenvalue weighted by molar-refractivity contribution is 0.398. The number of hydrogen-bond donors (Lipinski definition) is 1. The Hall–Kier alpha value is -1.36. The molecule has 0 aromatic carbocycles. The molecule has 0 amide bonds. The van der Waals surface area contributed by atoms with Gasteiger partial charge in [-0.25, -0.2) is 4.98 Å². The molecule has 0 aliphatic heterocycles. The highest BCUT2D eigenvalue weighted by Crippen LogP contribution is 2.33. The lowest BCUT2D eigenvalue weighted by atomic mass is 10.2. The molecule has 1 aliphatic rings. The van der Waals surface area contributed by atoms with Crippen LogP contribution >= 0.6 is 11.3 Å². The zero-order valence-corrected chi connectivity index (χ0v) is 9.17. The Kier molecular flexibility index (Phi) is 1.98. The van der Waals surface area contributed by atoms with E-state index in [-0.39, 0.29) is 0 Å². The second-order valence-corrected chi connectivity index (χ2v) is 4.77. The van der Waals surface area contributed by atoms with Gasteiger partial charge in [0.1, 0.15) is 5.76 Å². The molecule has 2 aromatic rings. The molecule has 0 unspecified atom stereocenters. The summed E-state index contributed by atoms with van der Waals surface area (Å²) in [5, 5.41) is 8.13. The Morgan fingerprint density at radius 2 is 2.33 bits per heavy atom. The first kappa shape index (κ1) is 8.91. The van der Waals surface area contributed by atoms with Crippen LogP contribution in [0.5, 0.6) is 0 Å². The zero-order valence-electron chi connectivity index (χ0n) is 8.36. The van der Waals surface area contributed by atoms with Crippen molar-refractivity contribution in [3.05, 3.63) is 18.2 Å². The van der Waals surface area contributed by atoms with Crippen LogP contribution in [0.1, 0.15) is 18.6 Å². The molecule has 15 heavy (non-hydrogen) atoms. The molecular formula is C10H11N3OS. The lowest BCUT2D eigenvalue weighted by Gasteiger charge is -1.95. The fraction of sp³-hybridized carbons (Fsp3) is 0.400. The minimum atomic E-state index is 0.646. The minimum Gasteiger partial charge on any atom is -0.361 e. The van der Waals surface area contributed by atoms with Gasteiger partial charge >= 0.3 is 0 Å². The van der Waals surface area contributed by atoms with E-state index in [0.717, 1.165) is 21.3 Å². The van der Waals surface area contributed by atoms with Gasteiger partial charge in [-0.3, -0.25) is 0 Å². The first-order valence-corrected chi connectivity index (χ1v) is 5.78. The van der Waals surface area contributed by atoms with Crippen molar-refractivity contribution < 1.29 is 4.52 Å². The molecule has 0 bridgehead atoms. The predicted molar refractivity (Wildman–Crippen MR) is 59.0 cm³/mol. The smallest absolute Gasteiger partial charge is 0.183 e. The van der Waals surface area contributed by atoms with Crippen LogP contribution in [0.4, 0.5) is 5.13 Å². The average Bonchev–Trinajstić information content (AvgIpc) is 2.74. The summed E-state index contributed by atoms with van der Waals surface area (Å²) in [6.07, 6.45) is 6.14. The van der Waals surface area contributed by atoms with Gasteiger partial charge in [0.25, 0.3) is 0 Å². The largest absolute Gasteiger partial charge is 0.361 e. The van der Waals surface area contributed by atoms with Crippen molar-refractivity contribution in [3.8, 4) is 10.4 Å². The van der Waals surface area contributed by atoms with Crippen molar-refractivity contribution in [2.75, 3.05) is 5.32 Å². The average molecular weight is 221 g/mol. The predicted octanol–water partition coefficient (Wildman–Crippen LogP) is 2.68. The molecule has 0 radical (unpaired) electrons. The summed E-state index contributed by atoms with van der Waals surface area (Å²) in [5.74, 6) is 0.844. The molecule has 2 aromatic heterocycles. The molecule has 78 valence electrons. The highest BCUT2D eigenvalue weighted by molar-refractivity contribution is 7.18. The number of aryl methyl sites for hydroxylation is 1. The second-order valence-electron chi connectivity index (χ2n) is 3.74. The van der Waals surface area contributed by atoms with Crippen molar-refractivity contribution in [1.29, 1.82) is 0 Å². The number of nitrogens with one attached hydrogen (secondary N) is 1. The number of aromatic nitrogens is 2. The Morgan fingerprint density at radius 3 is 3.00 bits per heavy atom. The molecule has 0 spiro atoms. The molecule has 4 nitrogen and oxygen atoms in total. The van der Waals surface area contributed by atoms with E-state index in [2.05, 4.69) is 15.5 Å². The standard InChI is InChI=1S/C10H11N3OS/c1-6-8(4-12-14-6)9-5-11-10(15-9)13-7-2-3-7/h4-5,7H,2-3H2,1H3,(H,11,13). The van der Waals surface area contributed by atoms with Crippen molar-refractivity contribution in [2.45, 2.75) is 25.8 Å². The first-order chi connectivity index (χ1) is 7.33. The Morgan fingerprint density at radius 1 is 1.47 bits per heavy atom. The van der Waals surface area contributed by atoms with Gasteiger partial charge in [0.2, 0.25) is 0 Å². The van der Waals surface area contributed by atoms with E-state index in [4.69, 9.17) is 4.52 Å². The minimum absolute atomic E-state index is 0.646. The third-order valence-electron chi connectivity index (χ3n) is 2.43. The summed E-state index contributed by atoms with van der Waals surface area (Å²) in [4.78, 5) is 5.44. The van der Waals surface area contributed by atoms with Gasteiger partial charge in [0, 0.05) is 12.2 Å². The summed E-state index contributed by atoms with van der Waals surface area (Å²) in [6.45, 7) is 1.91. The van der Waals surface area contributed by atoms with Gasteiger partial charge in [-0.2, -0.15) is 0 Å². The quantitative estimate of drug-likeness (QED) is 0.865. The van der Waals surface area contributed by atoms with Gasteiger partial charge in [-0.15, -0.1) is 0 Å². The molecule has 3 rings (SSSR count). The monoisotopic (exact) mass is 221 g/mol. The van der Waals surface area contributed by atoms with Crippen molar-refractivity contribution >= 4 is 16.5 Å². The van der Waals surface area contributed by atoms with Gasteiger partial charge < -0.3 is 9.84 Å². The molecule has 0 atom stereocenters. The highest BCUT2D eigenvalue weighted by Gasteiger charge is 2.22. The van der Waals surface area contributed by atoms with E-state index in [9.17, 15) is 0 Å². The summed E-state index contributed by atoms with van der Waals surface area (Å²) >= 11 is 1.65. The molecule has 2 heterocycles. The number of nitrogens with zero attached hydrogens (tertiary/aromatic N) is 2. The number of hydrogen-bond acceptors (Lipinski definition) is 5. The molecule has 5 heteroatoms. The second kappa shape index (κ2) is 3.34. The zero-order chi connectivity index (χ0) is 10.3. The van der Waals surface area contributed by atoms with E-state index in [0.29, 0.717) is 6.04 Å². The van der Waals surface area contributed by atoms with Crippen LogP contribution in [0, 0.1) is 6.92 Å². The van der Waals surface area contributed by atoms with Gasteiger partial charge in [0.05, 0.1) is 16.6 Å². The Labute approximate surface area is 91.3 Å². The summed E-state index contributed by atoms with van der Waals surface area (Å²) < 4.78 is 5.03. The molecule has 0 saturated heterocycles. The van der Waals surface area contributed by atoms with Gasteiger partial charge in [-0.05, 0) is 19.8 Å². The fourth-order valence-corrected chi connectivity index (χ4v) is 2.35. The van der Waals surface area contributed by atoms with Crippen molar-refractivity contribution in [3.63, 3.8) is 0 Å². The van der Waals surface area contributed by atoms with E-state index < -0.39 is 0 Å².